The van der Waals surface area contributed by atoms with E-state index in [2.05, 4.69) is 42.0 Å². The summed E-state index contributed by atoms with van der Waals surface area (Å²) in [6, 6.07) is 5.95. The summed E-state index contributed by atoms with van der Waals surface area (Å²) in [6.45, 7) is 8.87. The summed E-state index contributed by atoms with van der Waals surface area (Å²) in [5.41, 5.74) is 3.49. The van der Waals surface area contributed by atoms with Gasteiger partial charge >= 0.3 is 0 Å². The molecule has 9 heteroatoms. The molecule has 2 amide bonds. The molecule has 1 aromatic heterocycles. The minimum Gasteiger partial charge on any atom is -0.390 e. The molecule has 0 spiro atoms. The van der Waals surface area contributed by atoms with Crippen molar-refractivity contribution in [3.8, 4) is 12.3 Å². The minimum absolute atomic E-state index is 0.0970. The number of hydrogen-bond acceptors (Lipinski definition) is 6. The predicted molar refractivity (Wildman–Crippen MR) is 160 cm³/mol. The maximum atomic E-state index is 14.4. The van der Waals surface area contributed by atoms with Gasteiger partial charge in [-0.2, -0.15) is 0 Å². The normalized spacial score (nSPS) is 26.6. The molecule has 2 aromatic rings. The van der Waals surface area contributed by atoms with Gasteiger partial charge in [0.25, 0.3) is 5.91 Å². The third-order valence-corrected chi connectivity index (χ3v) is 8.47. The highest BCUT2D eigenvalue weighted by molar-refractivity contribution is 6.09. The zero-order chi connectivity index (χ0) is 30.0. The number of aliphatic hydroxyl groups is 1. The third-order valence-electron chi connectivity index (χ3n) is 8.47. The number of hydrogen-bond donors (Lipinski definition) is 3. The van der Waals surface area contributed by atoms with Gasteiger partial charge in [-0.15, -0.1) is 6.42 Å². The summed E-state index contributed by atoms with van der Waals surface area (Å²) in [7, 11) is 0. The van der Waals surface area contributed by atoms with E-state index in [1.165, 1.54) is 17.4 Å². The van der Waals surface area contributed by atoms with Crippen LogP contribution in [0.25, 0.3) is 0 Å². The molecule has 0 bridgehead atoms. The first kappa shape index (κ1) is 29.8. The van der Waals surface area contributed by atoms with Crippen LogP contribution in [0.4, 0.5) is 5.69 Å². The van der Waals surface area contributed by atoms with Crippen molar-refractivity contribution in [1.82, 2.24) is 15.3 Å². The van der Waals surface area contributed by atoms with Crippen LogP contribution in [0.1, 0.15) is 69.4 Å². The topological polar surface area (TPSA) is 117 Å². The van der Waals surface area contributed by atoms with Crippen LogP contribution in [0, 0.1) is 18.3 Å². The minimum atomic E-state index is -1.05. The monoisotopic (exact) mass is 572 g/mol. The number of nitrogens with zero attached hydrogens (tertiary/aromatic N) is 2. The molecular formula is C33H40N4O5. The molecule has 42 heavy (non-hydrogen) atoms. The van der Waals surface area contributed by atoms with E-state index in [-0.39, 0.29) is 17.0 Å². The van der Waals surface area contributed by atoms with Gasteiger partial charge in [0.2, 0.25) is 5.91 Å². The van der Waals surface area contributed by atoms with Crippen molar-refractivity contribution in [3.63, 3.8) is 0 Å². The van der Waals surface area contributed by atoms with Crippen LogP contribution in [0.2, 0.25) is 0 Å². The fourth-order valence-corrected chi connectivity index (χ4v) is 6.23. The van der Waals surface area contributed by atoms with Crippen molar-refractivity contribution in [3.05, 3.63) is 71.3 Å². The average Bonchev–Trinajstić information content (AvgIpc) is 3.70. The molecule has 3 heterocycles. The summed E-state index contributed by atoms with van der Waals surface area (Å²) in [4.78, 5) is 37.0. The van der Waals surface area contributed by atoms with E-state index >= 15 is 0 Å². The van der Waals surface area contributed by atoms with Crippen molar-refractivity contribution in [2.75, 3.05) is 11.5 Å². The third kappa shape index (κ3) is 6.07. The fourth-order valence-electron chi connectivity index (χ4n) is 6.23. The van der Waals surface area contributed by atoms with E-state index in [9.17, 15) is 14.7 Å². The van der Waals surface area contributed by atoms with Crippen molar-refractivity contribution < 1.29 is 24.2 Å². The first-order chi connectivity index (χ1) is 20.1. The molecule has 1 aromatic carbocycles. The molecule has 1 aliphatic carbocycles. The van der Waals surface area contributed by atoms with Crippen molar-refractivity contribution in [2.24, 2.45) is 5.92 Å². The first-order valence-electron chi connectivity index (χ1n) is 14.6. The molecule has 6 atom stereocenters. The van der Waals surface area contributed by atoms with Crippen molar-refractivity contribution in [2.45, 2.75) is 89.4 Å². The molecule has 4 unspecified atom stereocenters. The predicted octanol–water partition coefficient (Wildman–Crippen LogP) is 4.02. The molecule has 3 aliphatic rings. The number of rotatable bonds is 7. The maximum absolute atomic E-state index is 14.4. The number of carbonyl (C=O) groups excluding carboxylic acids is 2. The lowest BCUT2D eigenvalue weighted by Crippen LogP contribution is -2.58. The Morgan fingerprint density at radius 2 is 2.05 bits per heavy atom. The molecule has 3 N–H and O–H groups in total. The summed E-state index contributed by atoms with van der Waals surface area (Å²) >= 11 is 0. The van der Waals surface area contributed by atoms with E-state index in [4.69, 9.17) is 15.9 Å². The Kier molecular flexibility index (Phi) is 8.69. The first-order valence-corrected chi connectivity index (χ1v) is 14.6. The summed E-state index contributed by atoms with van der Waals surface area (Å²) in [5, 5.41) is 14.0. The molecular weight excluding hydrogens is 532 g/mol. The number of anilines is 1. The Bertz CT molecular complexity index is 1370. The van der Waals surface area contributed by atoms with E-state index in [1.54, 1.807) is 12.2 Å². The second-order valence-corrected chi connectivity index (χ2v) is 12.4. The Morgan fingerprint density at radius 1 is 1.29 bits per heavy atom. The summed E-state index contributed by atoms with van der Waals surface area (Å²) in [5.74, 6) is 1.76. The van der Waals surface area contributed by atoms with Crippen LogP contribution in [0.5, 0.6) is 0 Å². The number of amides is 2. The van der Waals surface area contributed by atoms with Crippen LogP contribution in [-0.4, -0.2) is 64.1 Å². The summed E-state index contributed by atoms with van der Waals surface area (Å²) in [6.07, 6.45) is 12.5. The second kappa shape index (κ2) is 12.3. The van der Waals surface area contributed by atoms with E-state index in [0.717, 1.165) is 29.6 Å². The Balaban J connectivity index is 1.56. The fraction of sp³-hybridized carbons (Fsp3) is 0.485. The smallest absolute Gasteiger partial charge is 0.277 e. The van der Waals surface area contributed by atoms with Gasteiger partial charge in [0, 0.05) is 18.2 Å². The number of allylic oxidation sites excluding steroid dienone is 1. The van der Waals surface area contributed by atoms with Crippen LogP contribution in [0.15, 0.2) is 60.1 Å². The SMILES string of the molecule is C#C/C=C\C1=C(C)C[C@H](O)[C@@H]1NC(=O)C(C1CC2CCCOC2O1)N(C(=O)c1cnc[nH]1)c1ccc(C(C)(C)C)cc1. The molecule has 5 rings (SSSR count). The van der Waals surface area contributed by atoms with Gasteiger partial charge in [-0.05, 0) is 73.4 Å². The van der Waals surface area contributed by atoms with E-state index in [1.807, 2.05) is 31.2 Å². The number of imidazole rings is 1. The number of terminal acetylenes is 1. The zero-order valence-electron chi connectivity index (χ0n) is 24.7. The quantitative estimate of drug-likeness (QED) is 0.432. The highest BCUT2D eigenvalue weighted by atomic mass is 16.7. The van der Waals surface area contributed by atoms with Gasteiger partial charge in [0.1, 0.15) is 11.7 Å². The number of aromatic amines is 1. The highest BCUT2D eigenvalue weighted by Crippen LogP contribution is 2.38. The lowest BCUT2D eigenvalue weighted by molar-refractivity contribution is -0.170. The lowest BCUT2D eigenvalue weighted by Gasteiger charge is -2.35. The Hall–Kier alpha value is -3.71. The standard InChI is InChI=1S/C33H40N4O5/c1-6-7-10-24-20(2)16-26(38)28(24)36-30(39)29(27-17-21-9-8-15-41-32(21)42-27)37(31(40)25-18-34-19-35-25)23-13-11-22(12-14-23)33(3,4)5/h1,7,10-14,18-19,21,26-29,32,38H,8-9,15-17H2,2-5H3,(H,34,35)(H,36,39)/b10-7-/t21?,26-,27?,28+,29?,32?/m0/s1. The molecule has 2 saturated heterocycles. The van der Waals surface area contributed by atoms with Gasteiger partial charge in [0.15, 0.2) is 6.29 Å². The van der Waals surface area contributed by atoms with E-state index in [0.29, 0.717) is 25.1 Å². The summed E-state index contributed by atoms with van der Waals surface area (Å²) < 4.78 is 12.3. The van der Waals surface area contributed by atoms with Crippen LogP contribution in [-0.2, 0) is 19.7 Å². The Morgan fingerprint density at radius 3 is 2.69 bits per heavy atom. The second-order valence-electron chi connectivity index (χ2n) is 12.4. The number of H-pyrrole nitrogens is 1. The van der Waals surface area contributed by atoms with Crippen molar-refractivity contribution >= 4 is 17.5 Å². The molecule has 2 fully saturated rings. The molecule has 9 nitrogen and oxygen atoms in total. The van der Waals surface area contributed by atoms with Crippen LogP contribution >= 0.6 is 0 Å². The van der Waals surface area contributed by atoms with Crippen LogP contribution in [0.3, 0.4) is 0 Å². The number of aromatic nitrogens is 2. The number of nitrogens with one attached hydrogen (secondary N) is 2. The van der Waals surface area contributed by atoms with Crippen molar-refractivity contribution in [1.29, 1.82) is 0 Å². The van der Waals surface area contributed by atoms with Gasteiger partial charge < -0.3 is 24.9 Å². The molecule has 2 aliphatic heterocycles. The molecule has 0 radical (unpaired) electrons. The maximum Gasteiger partial charge on any atom is 0.277 e. The number of carbonyl (C=O) groups is 2. The van der Waals surface area contributed by atoms with Gasteiger partial charge in [0.05, 0.1) is 30.8 Å². The highest BCUT2D eigenvalue weighted by Gasteiger charge is 2.48. The van der Waals surface area contributed by atoms with Gasteiger partial charge in [-0.3, -0.25) is 14.5 Å². The number of ether oxygens (including phenoxy) is 2. The largest absolute Gasteiger partial charge is 0.390 e. The van der Waals surface area contributed by atoms with E-state index < -0.39 is 42.4 Å². The Labute approximate surface area is 247 Å². The number of fused-ring (bicyclic) bond motifs is 1. The van der Waals surface area contributed by atoms with Gasteiger partial charge in [-0.1, -0.05) is 44.4 Å². The molecule has 222 valence electrons. The van der Waals surface area contributed by atoms with Gasteiger partial charge in [-0.25, -0.2) is 4.98 Å². The number of benzene rings is 1. The average molecular weight is 573 g/mol. The zero-order valence-corrected chi connectivity index (χ0v) is 24.7. The lowest BCUT2D eigenvalue weighted by atomic mass is 9.87. The van der Waals surface area contributed by atoms with Crippen LogP contribution < -0.4 is 10.2 Å². The molecule has 0 saturated carbocycles. The number of aliphatic hydroxyl groups excluding tert-OH is 1.